The molecule has 1 atom stereocenters. The first-order valence-corrected chi connectivity index (χ1v) is 7.54. The molecule has 0 aliphatic heterocycles. The van der Waals surface area contributed by atoms with Crippen LogP contribution >= 0.6 is 0 Å². The van der Waals surface area contributed by atoms with Gasteiger partial charge in [-0.3, -0.25) is 9.59 Å². The molecule has 6 nitrogen and oxygen atoms in total. The lowest BCUT2D eigenvalue weighted by molar-refractivity contribution is -0.145. The van der Waals surface area contributed by atoms with E-state index >= 15 is 0 Å². The van der Waals surface area contributed by atoms with E-state index in [9.17, 15) is 14.4 Å². The minimum atomic E-state index is -0.700. The standard InChI is InChI=1S/C17H23NO5/c1-22-16(20)12-11-15(19)18-14(17(21)23-2)10-6-9-13-7-4-3-5-8-13/h3-5,7-8,14H,6,9-12H2,1-2H3,(H,18,19)/t14-/m1/s1. The van der Waals surface area contributed by atoms with Crippen LogP contribution < -0.4 is 5.32 Å². The highest BCUT2D eigenvalue weighted by molar-refractivity contribution is 5.86. The lowest BCUT2D eigenvalue weighted by Crippen LogP contribution is -2.41. The third-order valence-corrected chi connectivity index (χ3v) is 3.41. The first-order valence-electron chi connectivity index (χ1n) is 7.54. The normalized spacial score (nSPS) is 11.4. The molecule has 1 aromatic carbocycles. The Morgan fingerprint density at radius 1 is 1.04 bits per heavy atom. The molecule has 0 saturated heterocycles. The van der Waals surface area contributed by atoms with E-state index in [-0.39, 0.29) is 18.7 Å². The molecule has 6 heteroatoms. The van der Waals surface area contributed by atoms with Gasteiger partial charge in [-0.05, 0) is 24.8 Å². The highest BCUT2D eigenvalue weighted by Crippen LogP contribution is 2.08. The molecule has 1 aromatic rings. The van der Waals surface area contributed by atoms with Gasteiger partial charge in [0.2, 0.25) is 5.91 Å². The van der Waals surface area contributed by atoms with E-state index in [0.29, 0.717) is 6.42 Å². The molecule has 1 N–H and O–H groups in total. The van der Waals surface area contributed by atoms with Crippen LogP contribution in [0.15, 0.2) is 30.3 Å². The van der Waals surface area contributed by atoms with Crippen LogP contribution in [-0.4, -0.2) is 38.1 Å². The van der Waals surface area contributed by atoms with Crippen LogP contribution in [0, 0.1) is 0 Å². The average molecular weight is 321 g/mol. The van der Waals surface area contributed by atoms with E-state index in [4.69, 9.17) is 4.74 Å². The number of hydrogen-bond acceptors (Lipinski definition) is 5. The molecular weight excluding hydrogens is 298 g/mol. The lowest BCUT2D eigenvalue weighted by Gasteiger charge is -2.16. The number of nitrogens with one attached hydrogen (secondary N) is 1. The van der Waals surface area contributed by atoms with Gasteiger partial charge in [0.05, 0.1) is 20.6 Å². The highest BCUT2D eigenvalue weighted by atomic mass is 16.5. The molecule has 1 rings (SSSR count). The Morgan fingerprint density at radius 2 is 1.74 bits per heavy atom. The summed E-state index contributed by atoms with van der Waals surface area (Å²) >= 11 is 0. The fourth-order valence-corrected chi connectivity index (χ4v) is 2.13. The van der Waals surface area contributed by atoms with Crippen molar-refractivity contribution in [1.82, 2.24) is 5.32 Å². The first kappa shape index (κ1) is 18.7. The number of benzene rings is 1. The van der Waals surface area contributed by atoms with E-state index < -0.39 is 18.0 Å². The molecule has 23 heavy (non-hydrogen) atoms. The van der Waals surface area contributed by atoms with Crippen molar-refractivity contribution in [3.8, 4) is 0 Å². The average Bonchev–Trinajstić information content (AvgIpc) is 2.58. The second kappa shape index (κ2) is 10.4. The third-order valence-electron chi connectivity index (χ3n) is 3.41. The molecular formula is C17H23NO5. The van der Waals surface area contributed by atoms with Crippen molar-refractivity contribution in [2.75, 3.05) is 14.2 Å². The van der Waals surface area contributed by atoms with E-state index in [2.05, 4.69) is 10.1 Å². The maximum Gasteiger partial charge on any atom is 0.328 e. The second-order valence-electron chi connectivity index (χ2n) is 5.10. The fourth-order valence-electron chi connectivity index (χ4n) is 2.13. The van der Waals surface area contributed by atoms with Crippen molar-refractivity contribution >= 4 is 17.8 Å². The topological polar surface area (TPSA) is 81.7 Å². The van der Waals surface area contributed by atoms with E-state index in [1.807, 2.05) is 30.3 Å². The molecule has 0 aliphatic rings. The predicted molar refractivity (Wildman–Crippen MR) is 84.6 cm³/mol. The number of methoxy groups -OCH3 is 2. The Bertz CT molecular complexity index is 515. The van der Waals surface area contributed by atoms with Crippen molar-refractivity contribution in [3.05, 3.63) is 35.9 Å². The molecule has 126 valence electrons. The van der Waals surface area contributed by atoms with E-state index in [1.165, 1.54) is 19.8 Å². The Kier molecular flexibility index (Phi) is 8.42. The Morgan fingerprint density at radius 3 is 2.35 bits per heavy atom. The van der Waals surface area contributed by atoms with Crippen LogP contribution in [0.3, 0.4) is 0 Å². The number of hydrogen-bond donors (Lipinski definition) is 1. The maximum atomic E-state index is 11.8. The summed E-state index contributed by atoms with van der Waals surface area (Å²) < 4.78 is 9.20. The zero-order valence-corrected chi connectivity index (χ0v) is 13.5. The fraction of sp³-hybridized carbons (Fsp3) is 0.471. The molecule has 0 spiro atoms. The number of carbonyl (C=O) groups excluding carboxylic acids is 3. The SMILES string of the molecule is COC(=O)CCC(=O)N[C@H](CCCc1ccccc1)C(=O)OC. The second-order valence-corrected chi connectivity index (χ2v) is 5.10. The number of carbonyl (C=O) groups is 3. The Labute approximate surface area is 136 Å². The number of aryl methyl sites for hydroxylation is 1. The van der Waals surface area contributed by atoms with E-state index in [0.717, 1.165) is 12.8 Å². The number of rotatable bonds is 9. The van der Waals surface area contributed by atoms with Crippen LogP contribution in [0.1, 0.15) is 31.2 Å². The molecule has 0 heterocycles. The van der Waals surface area contributed by atoms with Gasteiger partial charge in [0, 0.05) is 6.42 Å². The van der Waals surface area contributed by atoms with Crippen LogP contribution in [0.4, 0.5) is 0 Å². The van der Waals surface area contributed by atoms with Crippen molar-refractivity contribution in [3.63, 3.8) is 0 Å². The molecule has 0 aromatic heterocycles. The van der Waals surface area contributed by atoms with Gasteiger partial charge < -0.3 is 14.8 Å². The van der Waals surface area contributed by atoms with Gasteiger partial charge in [0.1, 0.15) is 6.04 Å². The maximum absolute atomic E-state index is 11.8. The summed E-state index contributed by atoms with van der Waals surface area (Å²) in [5.41, 5.74) is 1.17. The first-order chi connectivity index (χ1) is 11.1. The Hall–Kier alpha value is -2.37. The minimum Gasteiger partial charge on any atom is -0.469 e. The zero-order chi connectivity index (χ0) is 17.1. The predicted octanol–water partition coefficient (Wildman–Crippen LogP) is 1.62. The van der Waals surface area contributed by atoms with Gasteiger partial charge in [-0.1, -0.05) is 30.3 Å². The van der Waals surface area contributed by atoms with Gasteiger partial charge >= 0.3 is 11.9 Å². The van der Waals surface area contributed by atoms with Crippen molar-refractivity contribution < 1.29 is 23.9 Å². The monoisotopic (exact) mass is 321 g/mol. The number of ether oxygens (including phenoxy) is 2. The summed E-state index contributed by atoms with van der Waals surface area (Å²) in [5.74, 6) is -1.31. The molecule has 0 saturated carbocycles. The number of esters is 2. The smallest absolute Gasteiger partial charge is 0.328 e. The highest BCUT2D eigenvalue weighted by Gasteiger charge is 2.21. The van der Waals surface area contributed by atoms with Crippen LogP contribution in [0.5, 0.6) is 0 Å². The van der Waals surface area contributed by atoms with Gasteiger partial charge in [-0.25, -0.2) is 4.79 Å². The lowest BCUT2D eigenvalue weighted by atomic mass is 10.0. The third kappa shape index (κ3) is 7.44. The van der Waals surface area contributed by atoms with Crippen LogP contribution in [0.2, 0.25) is 0 Å². The van der Waals surface area contributed by atoms with Gasteiger partial charge in [-0.15, -0.1) is 0 Å². The molecule has 0 aliphatic carbocycles. The molecule has 1 amide bonds. The largest absolute Gasteiger partial charge is 0.469 e. The van der Waals surface area contributed by atoms with Crippen molar-refractivity contribution in [1.29, 1.82) is 0 Å². The van der Waals surface area contributed by atoms with Crippen LogP contribution in [-0.2, 0) is 30.3 Å². The van der Waals surface area contributed by atoms with Gasteiger partial charge in [0.15, 0.2) is 0 Å². The van der Waals surface area contributed by atoms with Gasteiger partial charge in [-0.2, -0.15) is 0 Å². The van der Waals surface area contributed by atoms with Crippen molar-refractivity contribution in [2.45, 2.75) is 38.1 Å². The summed E-state index contributed by atoms with van der Waals surface area (Å²) in [6, 6.07) is 9.20. The summed E-state index contributed by atoms with van der Waals surface area (Å²) in [5, 5.41) is 2.61. The Balaban J connectivity index is 2.44. The number of amides is 1. The summed E-state index contributed by atoms with van der Waals surface area (Å²) in [4.78, 5) is 34.6. The van der Waals surface area contributed by atoms with Crippen molar-refractivity contribution in [2.24, 2.45) is 0 Å². The molecule has 0 unspecified atom stereocenters. The minimum absolute atomic E-state index is 0.0136. The van der Waals surface area contributed by atoms with Crippen LogP contribution in [0.25, 0.3) is 0 Å². The molecule has 0 bridgehead atoms. The van der Waals surface area contributed by atoms with E-state index in [1.54, 1.807) is 0 Å². The molecule has 0 radical (unpaired) electrons. The quantitative estimate of drug-likeness (QED) is 0.699. The summed E-state index contributed by atoms with van der Waals surface area (Å²) in [6.07, 6.45) is 2.00. The summed E-state index contributed by atoms with van der Waals surface area (Å²) in [7, 11) is 2.55. The zero-order valence-electron chi connectivity index (χ0n) is 13.5. The molecule has 0 fully saturated rings. The summed E-state index contributed by atoms with van der Waals surface area (Å²) in [6.45, 7) is 0. The van der Waals surface area contributed by atoms with Gasteiger partial charge in [0.25, 0.3) is 0 Å².